The fourth-order valence-electron chi connectivity index (χ4n) is 4.02. The number of fused-ring (bicyclic) bond motifs is 1. The van der Waals surface area contributed by atoms with E-state index in [0.717, 1.165) is 29.4 Å². The first-order valence-electron chi connectivity index (χ1n) is 14.6. The molecule has 0 aliphatic carbocycles. The molecule has 1 aliphatic heterocycles. The zero-order chi connectivity index (χ0) is 32.8. The van der Waals surface area contributed by atoms with Crippen LogP contribution < -0.4 is 74.1 Å². The van der Waals surface area contributed by atoms with Gasteiger partial charge < -0.3 is 34.9 Å². The zero-order valence-electron chi connectivity index (χ0n) is 27.4. The van der Waals surface area contributed by atoms with Crippen LogP contribution in [0.1, 0.15) is 45.6 Å². The fraction of sp³-hybridized carbons (Fsp3) is 0.485. The van der Waals surface area contributed by atoms with Crippen LogP contribution in [0.2, 0.25) is 0 Å². The van der Waals surface area contributed by atoms with E-state index in [1.807, 2.05) is 45.0 Å². The standard InChI is InChI=1S/C27H32N3O5.C5H10O2.CH5N.Rb/c1-21(31)35-16-15-34-14-13-33-12-9-29-27(32)25(20-28)18-22-5-6-24-19-26(8-7-23(24)17-22)30-10-3-2-4-11-30;1-5(2,3)7-4-6;1-2;/h5-8,17-19H,1-4,9-16H2,(H,29,32);4H,1-3H3;2H2,1H3;/q-1;;;+1/b25-18+;;;. The van der Waals surface area contributed by atoms with Crippen molar-refractivity contribution in [2.24, 2.45) is 5.73 Å². The quantitative estimate of drug-likeness (QED) is 0.0768. The summed E-state index contributed by atoms with van der Waals surface area (Å²) in [6.07, 6.45) is 5.37. The average molecular weight is 697 g/mol. The SMILES string of the molecule is CC(C)(C)OC=O.CN.[CH2-]C(=O)OCCOCCOCCNC(=O)/C(C#N)=C/c1ccc2cc(N3CCCCC3)ccc2c1.[Rb+]. The van der Waals surface area contributed by atoms with Gasteiger partial charge in [-0.05, 0) is 87.7 Å². The van der Waals surface area contributed by atoms with Crippen LogP contribution in [0.5, 0.6) is 0 Å². The minimum atomic E-state index is -0.589. The molecule has 242 valence electrons. The minimum Gasteiger partial charge on any atom is -0.486 e. The van der Waals surface area contributed by atoms with Gasteiger partial charge in [0.25, 0.3) is 12.4 Å². The zero-order valence-corrected chi connectivity index (χ0v) is 32.3. The van der Waals surface area contributed by atoms with Gasteiger partial charge >= 0.3 is 58.2 Å². The van der Waals surface area contributed by atoms with Crippen LogP contribution in [0, 0.1) is 18.3 Å². The Bertz CT molecular complexity index is 1240. The van der Waals surface area contributed by atoms with Crippen molar-refractivity contribution in [2.45, 2.75) is 45.6 Å². The summed E-state index contributed by atoms with van der Waals surface area (Å²) < 4.78 is 19.8. The van der Waals surface area contributed by atoms with E-state index in [1.54, 1.807) is 6.08 Å². The van der Waals surface area contributed by atoms with Crippen LogP contribution >= 0.6 is 0 Å². The Labute approximate surface area is 316 Å². The van der Waals surface area contributed by atoms with Crippen LogP contribution in [-0.4, -0.2) is 83.7 Å². The van der Waals surface area contributed by atoms with E-state index in [1.165, 1.54) is 32.0 Å². The second-order valence-electron chi connectivity index (χ2n) is 10.5. The third kappa shape index (κ3) is 19.1. The molecule has 1 saturated heterocycles. The first-order chi connectivity index (χ1) is 21.1. The number of hydrogen-bond acceptors (Lipinski definition) is 10. The number of ether oxygens (including phenoxy) is 4. The smallest absolute Gasteiger partial charge is 0.486 e. The number of hydrogen-bond donors (Lipinski definition) is 2. The average Bonchev–Trinajstić information content (AvgIpc) is 3.01. The van der Waals surface area contributed by atoms with Gasteiger partial charge in [0.2, 0.25) is 0 Å². The Morgan fingerprint density at radius 2 is 1.58 bits per heavy atom. The van der Waals surface area contributed by atoms with Gasteiger partial charge in [-0.15, -0.1) is 0 Å². The number of anilines is 1. The fourth-order valence-corrected chi connectivity index (χ4v) is 4.02. The van der Waals surface area contributed by atoms with E-state index < -0.39 is 11.9 Å². The predicted molar refractivity (Wildman–Crippen MR) is 172 cm³/mol. The van der Waals surface area contributed by atoms with Crippen LogP contribution in [0.15, 0.2) is 42.0 Å². The van der Waals surface area contributed by atoms with Crippen LogP contribution in [-0.2, 0) is 33.3 Å². The number of nitrogens with zero attached hydrogens (tertiary/aromatic N) is 2. The molecule has 0 saturated carbocycles. The summed E-state index contributed by atoms with van der Waals surface area (Å²) >= 11 is 0. The Balaban J connectivity index is 0.00000171. The molecule has 12 heteroatoms. The molecule has 0 aromatic heterocycles. The molecule has 1 amide bonds. The Morgan fingerprint density at radius 3 is 2.16 bits per heavy atom. The summed E-state index contributed by atoms with van der Waals surface area (Å²) in [4.78, 5) is 34.9. The van der Waals surface area contributed by atoms with Crippen molar-refractivity contribution >= 4 is 40.9 Å². The van der Waals surface area contributed by atoms with Crippen molar-refractivity contribution in [3.63, 3.8) is 0 Å². The molecule has 1 heterocycles. The molecule has 11 nitrogen and oxygen atoms in total. The van der Waals surface area contributed by atoms with Crippen LogP contribution in [0.3, 0.4) is 0 Å². The molecule has 3 N–H and O–H groups in total. The summed E-state index contributed by atoms with van der Waals surface area (Å²) in [5.74, 6) is -1.03. The number of piperidine rings is 1. The summed E-state index contributed by atoms with van der Waals surface area (Å²) in [5, 5.41) is 14.4. The van der Waals surface area contributed by atoms with E-state index in [2.05, 4.69) is 50.5 Å². The van der Waals surface area contributed by atoms with E-state index in [4.69, 9.17) is 9.47 Å². The number of benzene rings is 2. The summed E-state index contributed by atoms with van der Waals surface area (Å²) in [6, 6.07) is 14.4. The molecule has 2 aromatic carbocycles. The largest absolute Gasteiger partial charge is 1.00 e. The number of nitriles is 1. The maximum absolute atomic E-state index is 12.4. The molecule has 1 fully saturated rings. The van der Waals surface area contributed by atoms with Gasteiger partial charge in [-0.2, -0.15) is 5.26 Å². The van der Waals surface area contributed by atoms with Crippen molar-refractivity contribution in [3.8, 4) is 6.07 Å². The molecule has 3 rings (SSSR count). The van der Waals surface area contributed by atoms with Crippen molar-refractivity contribution in [1.29, 1.82) is 5.26 Å². The number of carbonyl (C=O) groups excluding carboxylic acids is 3. The van der Waals surface area contributed by atoms with E-state index in [0.29, 0.717) is 19.7 Å². The maximum atomic E-state index is 12.4. The number of esters is 1. The van der Waals surface area contributed by atoms with Gasteiger partial charge in [-0.3, -0.25) is 21.3 Å². The number of rotatable bonds is 13. The molecule has 0 atom stereocenters. The maximum Gasteiger partial charge on any atom is 1.00 e. The summed E-state index contributed by atoms with van der Waals surface area (Å²) in [6.45, 7) is 12.9. The second-order valence-corrected chi connectivity index (χ2v) is 10.5. The van der Waals surface area contributed by atoms with Gasteiger partial charge in [-0.1, -0.05) is 18.2 Å². The van der Waals surface area contributed by atoms with Crippen LogP contribution in [0.4, 0.5) is 5.69 Å². The molecule has 0 bridgehead atoms. The molecular formula is C33H47N4O7Rb. The van der Waals surface area contributed by atoms with E-state index in [9.17, 15) is 19.6 Å². The first kappa shape index (κ1) is 42.7. The predicted octanol–water partition coefficient (Wildman–Crippen LogP) is 0.801. The molecule has 0 spiro atoms. The molecule has 2 aromatic rings. The number of nitrogens with one attached hydrogen (secondary N) is 1. The summed E-state index contributed by atoms with van der Waals surface area (Å²) in [7, 11) is 1.50. The molecule has 1 aliphatic rings. The Morgan fingerprint density at radius 1 is 0.978 bits per heavy atom. The van der Waals surface area contributed by atoms with Crippen molar-refractivity contribution < 1.29 is 91.5 Å². The monoisotopic (exact) mass is 696 g/mol. The Hall–Kier alpha value is -2.30. The first-order valence-corrected chi connectivity index (χ1v) is 14.6. The van der Waals surface area contributed by atoms with E-state index >= 15 is 0 Å². The third-order valence-electron chi connectivity index (χ3n) is 6.04. The van der Waals surface area contributed by atoms with Gasteiger partial charge in [0.15, 0.2) is 5.97 Å². The third-order valence-corrected chi connectivity index (χ3v) is 6.04. The van der Waals surface area contributed by atoms with Crippen molar-refractivity contribution in [1.82, 2.24) is 5.32 Å². The minimum absolute atomic E-state index is 0. The molecule has 0 radical (unpaired) electrons. The van der Waals surface area contributed by atoms with Crippen LogP contribution in [0.25, 0.3) is 16.8 Å². The van der Waals surface area contributed by atoms with Gasteiger partial charge in [0.05, 0.1) is 26.4 Å². The molecular weight excluding hydrogens is 650 g/mol. The van der Waals surface area contributed by atoms with Crippen molar-refractivity contribution in [2.75, 3.05) is 64.6 Å². The topological polar surface area (TPSA) is 153 Å². The van der Waals surface area contributed by atoms with Crippen molar-refractivity contribution in [3.05, 3.63) is 54.5 Å². The molecule has 0 unspecified atom stereocenters. The normalized spacial score (nSPS) is 12.6. The summed E-state index contributed by atoms with van der Waals surface area (Å²) in [5.41, 5.74) is 6.26. The molecule has 45 heavy (non-hydrogen) atoms. The van der Waals surface area contributed by atoms with Gasteiger partial charge in [0.1, 0.15) is 23.9 Å². The van der Waals surface area contributed by atoms with Gasteiger partial charge in [0, 0.05) is 25.3 Å². The second kappa shape index (κ2) is 24.9. The van der Waals surface area contributed by atoms with E-state index in [-0.39, 0.29) is 95.7 Å². The Kier molecular flexibility index (Phi) is 23.6. The number of amides is 1. The number of nitrogens with two attached hydrogens (primary N) is 1. The van der Waals surface area contributed by atoms with Gasteiger partial charge in [-0.25, -0.2) is 0 Å². The number of carbonyl (C=O) groups is 3.